The van der Waals surface area contributed by atoms with Gasteiger partial charge < -0.3 is 9.88 Å². The van der Waals surface area contributed by atoms with Gasteiger partial charge in [0.2, 0.25) is 5.91 Å². The summed E-state index contributed by atoms with van der Waals surface area (Å²) in [5, 5.41) is 2.98. The van der Waals surface area contributed by atoms with Crippen molar-refractivity contribution in [3.05, 3.63) is 90.0 Å². The van der Waals surface area contributed by atoms with Gasteiger partial charge in [0.15, 0.2) is 0 Å². The van der Waals surface area contributed by atoms with Crippen LogP contribution >= 0.6 is 0 Å². The van der Waals surface area contributed by atoms with Crippen molar-refractivity contribution in [2.24, 2.45) is 0 Å². The van der Waals surface area contributed by atoms with Crippen LogP contribution in [0.25, 0.3) is 0 Å². The van der Waals surface area contributed by atoms with Crippen molar-refractivity contribution in [3.8, 4) is 0 Å². The summed E-state index contributed by atoms with van der Waals surface area (Å²) >= 11 is 0. The van der Waals surface area contributed by atoms with E-state index in [1.54, 1.807) is 12.5 Å². The number of rotatable bonds is 8. The number of nitrogens with one attached hydrogen (secondary N) is 1. The van der Waals surface area contributed by atoms with E-state index in [9.17, 15) is 4.79 Å². The number of nitrogens with zero attached hydrogens (tertiary/aromatic N) is 3. The van der Waals surface area contributed by atoms with Gasteiger partial charge in [-0.1, -0.05) is 54.6 Å². The van der Waals surface area contributed by atoms with Crippen LogP contribution in [0.3, 0.4) is 0 Å². The number of carbonyl (C=O) groups excluding carboxylic acids is 1. The van der Waals surface area contributed by atoms with E-state index in [-0.39, 0.29) is 5.91 Å². The second-order valence-corrected chi connectivity index (χ2v) is 6.49. The molecule has 3 rings (SSSR count). The zero-order valence-electron chi connectivity index (χ0n) is 15.0. The van der Waals surface area contributed by atoms with Crippen LogP contribution in [-0.2, 0) is 24.4 Å². The van der Waals surface area contributed by atoms with Gasteiger partial charge in [0.1, 0.15) is 0 Å². The fourth-order valence-electron chi connectivity index (χ4n) is 2.81. The maximum atomic E-state index is 12.1. The lowest BCUT2D eigenvalue weighted by Crippen LogP contribution is -2.34. The minimum Gasteiger partial charge on any atom is -0.351 e. The molecule has 0 aliphatic carbocycles. The molecule has 26 heavy (non-hydrogen) atoms. The third-order valence-corrected chi connectivity index (χ3v) is 4.15. The molecular weight excluding hydrogens is 324 g/mol. The molecule has 0 spiro atoms. The molecule has 1 aromatic heterocycles. The molecule has 0 aliphatic rings. The zero-order chi connectivity index (χ0) is 18.2. The van der Waals surface area contributed by atoms with Crippen LogP contribution < -0.4 is 5.32 Å². The monoisotopic (exact) mass is 348 g/mol. The molecule has 2 aromatic carbocycles. The number of hydrogen-bond acceptors (Lipinski definition) is 3. The molecule has 0 atom stereocenters. The lowest BCUT2D eigenvalue weighted by molar-refractivity contribution is -0.122. The Kier molecular flexibility index (Phi) is 6.17. The molecule has 1 N–H and O–H groups in total. The highest BCUT2D eigenvalue weighted by Crippen LogP contribution is 2.07. The van der Waals surface area contributed by atoms with E-state index < -0.39 is 0 Å². The van der Waals surface area contributed by atoms with Gasteiger partial charge in [-0.2, -0.15) is 0 Å². The van der Waals surface area contributed by atoms with Gasteiger partial charge in [-0.25, -0.2) is 4.98 Å². The van der Waals surface area contributed by atoms with Gasteiger partial charge in [-0.05, 0) is 23.7 Å². The summed E-state index contributed by atoms with van der Waals surface area (Å²) in [5.41, 5.74) is 3.51. The Bertz CT molecular complexity index is 798. The smallest absolute Gasteiger partial charge is 0.234 e. The molecule has 0 saturated carbocycles. The summed E-state index contributed by atoms with van der Waals surface area (Å²) in [6, 6.07) is 18.4. The van der Waals surface area contributed by atoms with E-state index in [1.807, 2.05) is 40.9 Å². The van der Waals surface area contributed by atoms with Crippen molar-refractivity contribution in [2.45, 2.75) is 19.6 Å². The lowest BCUT2D eigenvalue weighted by atomic mass is 10.1. The number of benzene rings is 2. The van der Waals surface area contributed by atoms with E-state index in [4.69, 9.17) is 0 Å². The van der Waals surface area contributed by atoms with Crippen LogP contribution in [0.2, 0.25) is 0 Å². The highest BCUT2D eigenvalue weighted by atomic mass is 16.2. The SMILES string of the molecule is CN(CC(=O)NCc1ccc(Cn2ccnc2)cc1)Cc1ccccc1. The van der Waals surface area contributed by atoms with Crippen LogP contribution in [0.4, 0.5) is 0 Å². The van der Waals surface area contributed by atoms with Crippen LogP contribution in [0.5, 0.6) is 0 Å². The fraction of sp³-hybridized carbons (Fsp3) is 0.238. The summed E-state index contributed by atoms with van der Waals surface area (Å²) in [4.78, 5) is 18.2. The second kappa shape index (κ2) is 8.97. The first-order valence-corrected chi connectivity index (χ1v) is 8.72. The molecular formula is C21H24N4O. The van der Waals surface area contributed by atoms with E-state index in [0.29, 0.717) is 13.1 Å². The average molecular weight is 348 g/mol. The summed E-state index contributed by atoms with van der Waals surface area (Å²) in [7, 11) is 1.96. The zero-order valence-corrected chi connectivity index (χ0v) is 15.0. The molecule has 3 aromatic rings. The Morgan fingerprint density at radius 3 is 2.46 bits per heavy atom. The highest BCUT2D eigenvalue weighted by Gasteiger charge is 2.07. The molecule has 5 heteroatoms. The number of likely N-dealkylation sites (N-methyl/N-ethyl adjacent to an activating group) is 1. The summed E-state index contributed by atoms with van der Waals surface area (Å²) < 4.78 is 2.03. The molecule has 0 aliphatic heterocycles. The number of imidazole rings is 1. The second-order valence-electron chi connectivity index (χ2n) is 6.49. The van der Waals surface area contributed by atoms with Crippen LogP contribution in [0.1, 0.15) is 16.7 Å². The molecule has 0 bridgehead atoms. The molecule has 5 nitrogen and oxygen atoms in total. The largest absolute Gasteiger partial charge is 0.351 e. The first kappa shape index (κ1) is 17.9. The Labute approximate surface area is 154 Å². The van der Waals surface area contributed by atoms with Gasteiger partial charge in [-0.15, -0.1) is 0 Å². The van der Waals surface area contributed by atoms with Crippen molar-refractivity contribution in [1.29, 1.82) is 0 Å². The first-order valence-electron chi connectivity index (χ1n) is 8.72. The van der Waals surface area contributed by atoms with Gasteiger partial charge in [0.25, 0.3) is 0 Å². The standard InChI is InChI=1S/C21H24N4O/c1-24(14-19-5-3-2-4-6-19)16-21(26)23-13-18-7-9-20(10-8-18)15-25-12-11-22-17-25/h2-12,17H,13-16H2,1H3,(H,23,26). The maximum absolute atomic E-state index is 12.1. The molecule has 1 amide bonds. The summed E-state index contributed by atoms with van der Waals surface area (Å²) in [5.74, 6) is 0.0333. The molecule has 0 radical (unpaired) electrons. The third-order valence-electron chi connectivity index (χ3n) is 4.15. The summed E-state index contributed by atoms with van der Waals surface area (Å²) in [6.45, 7) is 2.49. The number of carbonyl (C=O) groups is 1. The van der Waals surface area contributed by atoms with Gasteiger partial charge >= 0.3 is 0 Å². The number of amides is 1. The van der Waals surface area contributed by atoms with Crippen molar-refractivity contribution in [2.75, 3.05) is 13.6 Å². The Morgan fingerprint density at radius 1 is 1.04 bits per heavy atom. The van der Waals surface area contributed by atoms with Crippen LogP contribution in [0.15, 0.2) is 73.3 Å². The quantitative estimate of drug-likeness (QED) is 0.681. The van der Waals surface area contributed by atoms with Crippen molar-refractivity contribution < 1.29 is 4.79 Å². The van der Waals surface area contributed by atoms with Gasteiger partial charge in [0.05, 0.1) is 12.9 Å². The molecule has 0 unspecified atom stereocenters. The van der Waals surface area contributed by atoms with Gasteiger partial charge in [0, 0.05) is 32.0 Å². The summed E-state index contributed by atoms with van der Waals surface area (Å²) in [6.07, 6.45) is 5.53. The van der Waals surface area contributed by atoms with Gasteiger partial charge in [-0.3, -0.25) is 9.69 Å². The van der Waals surface area contributed by atoms with Crippen molar-refractivity contribution >= 4 is 5.91 Å². The third kappa shape index (κ3) is 5.57. The van der Waals surface area contributed by atoms with E-state index >= 15 is 0 Å². The molecule has 0 fully saturated rings. The number of hydrogen-bond donors (Lipinski definition) is 1. The van der Waals surface area contributed by atoms with Crippen LogP contribution in [-0.4, -0.2) is 34.0 Å². The maximum Gasteiger partial charge on any atom is 0.234 e. The first-order chi connectivity index (χ1) is 12.7. The van der Waals surface area contributed by atoms with E-state index in [2.05, 4.69) is 46.7 Å². The Balaban J connectivity index is 1.42. The topological polar surface area (TPSA) is 50.2 Å². The molecule has 0 saturated heterocycles. The van der Waals surface area contributed by atoms with E-state index in [0.717, 1.165) is 18.7 Å². The molecule has 134 valence electrons. The van der Waals surface area contributed by atoms with Crippen molar-refractivity contribution in [3.63, 3.8) is 0 Å². The molecule has 1 heterocycles. The predicted molar refractivity (Wildman–Crippen MR) is 102 cm³/mol. The Morgan fingerprint density at radius 2 is 1.77 bits per heavy atom. The fourth-order valence-corrected chi connectivity index (χ4v) is 2.81. The van der Waals surface area contributed by atoms with Crippen molar-refractivity contribution in [1.82, 2.24) is 19.8 Å². The van der Waals surface area contributed by atoms with Crippen LogP contribution in [0, 0.1) is 0 Å². The highest BCUT2D eigenvalue weighted by molar-refractivity contribution is 5.77. The number of aromatic nitrogens is 2. The van der Waals surface area contributed by atoms with E-state index in [1.165, 1.54) is 11.1 Å². The predicted octanol–water partition coefficient (Wildman–Crippen LogP) is 2.68. The lowest BCUT2D eigenvalue weighted by Gasteiger charge is -2.16. The normalized spacial score (nSPS) is 10.8. The Hall–Kier alpha value is -2.92. The minimum atomic E-state index is 0.0333. The average Bonchev–Trinajstić information content (AvgIpc) is 3.15. The minimum absolute atomic E-state index is 0.0333.